The van der Waals surface area contributed by atoms with Gasteiger partial charge in [-0.25, -0.2) is 0 Å². The first-order valence-corrected chi connectivity index (χ1v) is 7.71. The lowest BCUT2D eigenvalue weighted by Crippen LogP contribution is -2.07. The molecule has 98 valence electrons. The van der Waals surface area contributed by atoms with E-state index in [4.69, 9.17) is 0 Å². The number of nitrogens with zero attached hydrogens (tertiary/aromatic N) is 1. The second kappa shape index (κ2) is 5.66. The Bertz CT molecular complexity index is 574. The van der Waals surface area contributed by atoms with Crippen molar-refractivity contribution in [1.82, 2.24) is 4.57 Å². The highest BCUT2D eigenvalue weighted by atomic mass is 32.2. The number of aromatic nitrogens is 1. The number of benzene rings is 1. The summed E-state index contributed by atoms with van der Waals surface area (Å²) in [7, 11) is 0. The minimum Gasteiger partial charge on any atom is -0.352 e. The molecular formula is C16H17NOS. The predicted octanol–water partition coefficient (Wildman–Crippen LogP) is 3.80. The van der Waals surface area contributed by atoms with Crippen LogP contribution in [0.25, 0.3) is 0 Å². The number of fused-ring (bicyclic) bond motifs is 1. The van der Waals surface area contributed by atoms with E-state index in [1.807, 2.05) is 24.0 Å². The molecule has 1 aromatic heterocycles. The quantitative estimate of drug-likeness (QED) is 0.789. The van der Waals surface area contributed by atoms with Crippen LogP contribution in [0.5, 0.6) is 0 Å². The Morgan fingerprint density at radius 1 is 1.11 bits per heavy atom. The molecule has 0 fully saturated rings. The van der Waals surface area contributed by atoms with Crippen molar-refractivity contribution >= 4 is 17.5 Å². The van der Waals surface area contributed by atoms with Crippen molar-refractivity contribution in [2.24, 2.45) is 0 Å². The van der Waals surface area contributed by atoms with Gasteiger partial charge in [-0.15, -0.1) is 11.8 Å². The molecule has 0 radical (unpaired) electrons. The Labute approximate surface area is 117 Å². The lowest BCUT2D eigenvalue weighted by atomic mass is 9.95. The highest BCUT2D eigenvalue weighted by molar-refractivity contribution is 7.99. The van der Waals surface area contributed by atoms with E-state index in [-0.39, 0.29) is 0 Å². The minimum absolute atomic E-state index is 0.315. The number of aryl methyl sites for hydroxylation is 2. The molecule has 0 spiro atoms. The molecule has 3 heteroatoms. The number of thioether (sulfide) groups is 1. The van der Waals surface area contributed by atoms with Gasteiger partial charge in [-0.05, 0) is 30.5 Å². The molecule has 1 aromatic carbocycles. The van der Waals surface area contributed by atoms with Gasteiger partial charge in [-0.2, -0.15) is 0 Å². The van der Waals surface area contributed by atoms with E-state index >= 15 is 0 Å². The van der Waals surface area contributed by atoms with E-state index in [1.54, 1.807) is 0 Å². The van der Waals surface area contributed by atoms with Crippen molar-refractivity contribution in [2.75, 3.05) is 5.75 Å². The van der Waals surface area contributed by atoms with Crippen LogP contribution < -0.4 is 0 Å². The number of Topliss-reactive ketones (excluding diaryl/α,β-unsaturated/α-hetero) is 1. The van der Waals surface area contributed by atoms with E-state index < -0.39 is 0 Å². The summed E-state index contributed by atoms with van der Waals surface area (Å²) in [5.41, 5.74) is 2.19. The maximum absolute atomic E-state index is 11.8. The van der Waals surface area contributed by atoms with Gasteiger partial charge < -0.3 is 4.57 Å². The van der Waals surface area contributed by atoms with Gasteiger partial charge in [0.1, 0.15) is 0 Å². The molecule has 0 saturated heterocycles. The number of carbonyl (C=O) groups excluding carboxylic acids is 1. The Morgan fingerprint density at radius 3 is 2.74 bits per heavy atom. The molecule has 0 bridgehead atoms. The zero-order valence-electron chi connectivity index (χ0n) is 10.8. The number of rotatable bonds is 4. The Hall–Kier alpha value is -1.48. The van der Waals surface area contributed by atoms with Crippen LogP contribution in [-0.2, 0) is 13.0 Å². The standard InChI is InChI=1S/C16H17NOS/c18-16-8-4-5-13-11-17(12-15(13)16)9-10-19-14-6-2-1-3-7-14/h1-3,6-7,11-12H,4-5,8-10H2. The minimum atomic E-state index is 0.315. The molecule has 3 rings (SSSR count). The number of ketones is 1. The summed E-state index contributed by atoms with van der Waals surface area (Å²) in [6, 6.07) is 10.4. The van der Waals surface area contributed by atoms with Crippen molar-refractivity contribution in [3.63, 3.8) is 0 Å². The molecule has 2 nitrogen and oxygen atoms in total. The number of carbonyl (C=O) groups is 1. The molecule has 19 heavy (non-hydrogen) atoms. The Kier molecular flexibility index (Phi) is 3.74. The molecule has 0 saturated carbocycles. The summed E-state index contributed by atoms with van der Waals surface area (Å²) in [4.78, 5) is 13.1. The second-order valence-electron chi connectivity index (χ2n) is 4.87. The molecule has 1 heterocycles. The Morgan fingerprint density at radius 2 is 1.95 bits per heavy atom. The van der Waals surface area contributed by atoms with Gasteiger partial charge >= 0.3 is 0 Å². The molecule has 0 atom stereocenters. The van der Waals surface area contributed by atoms with Crippen LogP contribution in [0.2, 0.25) is 0 Å². The third kappa shape index (κ3) is 2.92. The first-order chi connectivity index (χ1) is 9.33. The van der Waals surface area contributed by atoms with E-state index in [0.717, 1.165) is 37.1 Å². The van der Waals surface area contributed by atoms with Gasteiger partial charge in [0.15, 0.2) is 5.78 Å². The normalized spacial score (nSPS) is 14.4. The molecule has 0 unspecified atom stereocenters. The summed E-state index contributed by atoms with van der Waals surface area (Å²) in [6.07, 6.45) is 6.96. The van der Waals surface area contributed by atoms with Crippen molar-refractivity contribution < 1.29 is 4.79 Å². The maximum atomic E-state index is 11.8. The SMILES string of the molecule is O=C1CCCc2cn(CCSc3ccccc3)cc21. The third-order valence-corrected chi connectivity index (χ3v) is 4.47. The van der Waals surface area contributed by atoms with Gasteiger partial charge in [0, 0.05) is 41.6 Å². The average molecular weight is 271 g/mol. The monoisotopic (exact) mass is 271 g/mol. The fourth-order valence-corrected chi connectivity index (χ4v) is 3.38. The zero-order chi connectivity index (χ0) is 13.1. The molecule has 1 aliphatic rings. The number of hydrogen-bond donors (Lipinski definition) is 0. The molecule has 0 N–H and O–H groups in total. The summed E-state index contributed by atoms with van der Waals surface area (Å²) in [5, 5.41) is 0. The highest BCUT2D eigenvalue weighted by Crippen LogP contribution is 2.23. The maximum Gasteiger partial charge on any atom is 0.164 e. The fraction of sp³-hybridized carbons (Fsp3) is 0.312. The third-order valence-electron chi connectivity index (χ3n) is 3.47. The molecular weight excluding hydrogens is 254 g/mol. The van der Waals surface area contributed by atoms with Gasteiger partial charge in [0.05, 0.1) is 0 Å². The van der Waals surface area contributed by atoms with Crippen LogP contribution in [0.1, 0.15) is 28.8 Å². The zero-order valence-corrected chi connectivity index (χ0v) is 11.7. The van der Waals surface area contributed by atoms with Gasteiger partial charge in [-0.3, -0.25) is 4.79 Å². The molecule has 2 aromatic rings. The van der Waals surface area contributed by atoms with E-state index in [1.165, 1.54) is 10.5 Å². The van der Waals surface area contributed by atoms with Crippen LogP contribution in [0, 0.1) is 0 Å². The van der Waals surface area contributed by atoms with Crippen molar-refractivity contribution in [2.45, 2.75) is 30.7 Å². The first kappa shape index (κ1) is 12.5. The summed E-state index contributed by atoms with van der Waals surface area (Å²) in [5.74, 6) is 1.35. The van der Waals surface area contributed by atoms with Crippen molar-refractivity contribution in [1.29, 1.82) is 0 Å². The molecule has 1 aliphatic carbocycles. The van der Waals surface area contributed by atoms with Crippen molar-refractivity contribution in [3.05, 3.63) is 53.9 Å². The van der Waals surface area contributed by atoms with E-state index in [0.29, 0.717) is 5.78 Å². The second-order valence-corrected chi connectivity index (χ2v) is 6.04. The van der Waals surface area contributed by atoms with Crippen LogP contribution in [0.3, 0.4) is 0 Å². The van der Waals surface area contributed by atoms with Crippen LogP contribution in [0.4, 0.5) is 0 Å². The van der Waals surface area contributed by atoms with Gasteiger partial charge in [-0.1, -0.05) is 18.2 Å². The topological polar surface area (TPSA) is 22.0 Å². The summed E-state index contributed by atoms with van der Waals surface area (Å²) in [6.45, 7) is 0.958. The smallest absolute Gasteiger partial charge is 0.164 e. The number of hydrogen-bond acceptors (Lipinski definition) is 2. The summed E-state index contributed by atoms with van der Waals surface area (Å²) >= 11 is 1.86. The first-order valence-electron chi connectivity index (χ1n) is 6.72. The average Bonchev–Trinajstić information content (AvgIpc) is 2.84. The van der Waals surface area contributed by atoms with Gasteiger partial charge in [0.25, 0.3) is 0 Å². The predicted molar refractivity (Wildman–Crippen MR) is 78.9 cm³/mol. The van der Waals surface area contributed by atoms with Crippen LogP contribution >= 0.6 is 11.8 Å². The lowest BCUT2D eigenvalue weighted by molar-refractivity contribution is 0.0973. The van der Waals surface area contributed by atoms with Crippen molar-refractivity contribution in [3.8, 4) is 0 Å². The van der Waals surface area contributed by atoms with E-state index in [9.17, 15) is 4.79 Å². The highest BCUT2D eigenvalue weighted by Gasteiger charge is 2.18. The molecule has 0 aliphatic heterocycles. The van der Waals surface area contributed by atoms with Crippen LogP contribution in [-0.4, -0.2) is 16.1 Å². The summed E-state index contributed by atoms with van der Waals surface area (Å²) < 4.78 is 2.17. The largest absolute Gasteiger partial charge is 0.352 e. The lowest BCUT2D eigenvalue weighted by Gasteiger charge is -2.07. The molecule has 0 amide bonds. The van der Waals surface area contributed by atoms with E-state index in [2.05, 4.69) is 35.0 Å². The Balaban J connectivity index is 1.60. The van der Waals surface area contributed by atoms with Gasteiger partial charge in [0.2, 0.25) is 0 Å². The van der Waals surface area contributed by atoms with Crippen LogP contribution in [0.15, 0.2) is 47.6 Å². The fourth-order valence-electron chi connectivity index (χ4n) is 2.49.